The molecule has 6 heteroatoms. The lowest BCUT2D eigenvalue weighted by Gasteiger charge is -2.09. The first-order chi connectivity index (χ1) is 8.55. The summed E-state index contributed by atoms with van der Waals surface area (Å²) in [6.45, 7) is 0. The summed E-state index contributed by atoms with van der Waals surface area (Å²) in [6.07, 6.45) is 8.43. The van der Waals surface area contributed by atoms with Crippen LogP contribution in [-0.4, -0.2) is 28.8 Å². The van der Waals surface area contributed by atoms with E-state index in [9.17, 15) is 8.42 Å². The van der Waals surface area contributed by atoms with Crippen molar-refractivity contribution in [1.29, 1.82) is 0 Å². The van der Waals surface area contributed by atoms with Crippen molar-refractivity contribution >= 4 is 27.1 Å². The molecule has 0 spiro atoms. The van der Waals surface area contributed by atoms with E-state index in [1.807, 2.05) is 0 Å². The summed E-state index contributed by atoms with van der Waals surface area (Å²) in [4.78, 5) is 0. The van der Waals surface area contributed by atoms with Crippen LogP contribution in [0.2, 0.25) is 0 Å². The number of alkyl halides is 1. The van der Waals surface area contributed by atoms with Gasteiger partial charge in [-0.25, -0.2) is 8.42 Å². The van der Waals surface area contributed by atoms with E-state index in [2.05, 4.69) is 5.16 Å². The van der Waals surface area contributed by atoms with Crippen LogP contribution in [-0.2, 0) is 9.84 Å². The SMILES string of the molecule is O=S1(=O)C2CCCCCCCCC/C(=N\O)C21Cl. The molecular weight excluding hydrogens is 274 g/mol. The van der Waals surface area contributed by atoms with Gasteiger partial charge >= 0.3 is 0 Å². The largest absolute Gasteiger partial charge is 0.411 e. The number of hydrogen-bond acceptors (Lipinski definition) is 4. The van der Waals surface area contributed by atoms with E-state index < -0.39 is 19.3 Å². The molecule has 2 fully saturated rings. The molecule has 0 aromatic rings. The topological polar surface area (TPSA) is 66.7 Å². The Labute approximate surface area is 113 Å². The van der Waals surface area contributed by atoms with Crippen LogP contribution in [0.4, 0.5) is 0 Å². The summed E-state index contributed by atoms with van der Waals surface area (Å²) >= 11 is 6.22. The molecule has 0 aromatic heterocycles. The third-order valence-corrected chi connectivity index (χ3v) is 7.73. The monoisotopic (exact) mass is 293 g/mol. The Bertz CT molecular complexity index is 435. The molecule has 1 N–H and O–H groups in total. The summed E-state index contributed by atoms with van der Waals surface area (Å²) in [5.74, 6) is 0. The van der Waals surface area contributed by atoms with Gasteiger partial charge in [-0.3, -0.25) is 0 Å². The molecule has 1 heterocycles. The molecule has 2 atom stereocenters. The van der Waals surface area contributed by atoms with Gasteiger partial charge in [0.25, 0.3) is 0 Å². The minimum atomic E-state index is -3.32. The first-order valence-electron chi connectivity index (χ1n) is 6.69. The van der Waals surface area contributed by atoms with Crippen LogP contribution < -0.4 is 0 Å². The maximum absolute atomic E-state index is 12.0. The summed E-state index contributed by atoms with van der Waals surface area (Å²) in [7, 11) is -3.32. The highest BCUT2D eigenvalue weighted by Gasteiger charge is 2.73. The van der Waals surface area contributed by atoms with E-state index in [1.165, 1.54) is 12.8 Å². The number of halogens is 1. The van der Waals surface area contributed by atoms with Gasteiger partial charge < -0.3 is 5.21 Å². The fraction of sp³-hybridized carbons (Fsp3) is 0.917. The first kappa shape index (κ1) is 14.1. The van der Waals surface area contributed by atoms with Crippen molar-refractivity contribution in [2.75, 3.05) is 0 Å². The molecule has 2 aliphatic rings. The molecule has 18 heavy (non-hydrogen) atoms. The van der Waals surface area contributed by atoms with Crippen LogP contribution in [0.15, 0.2) is 5.16 Å². The predicted octanol–water partition coefficient (Wildman–Crippen LogP) is 3.07. The zero-order chi connectivity index (χ0) is 13.2. The van der Waals surface area contributed by atoms with Gasteiger partial charge in [0.2, 0.25) is 4.21 Å². The number of fused-ring (bicyclic) bond motifs is 1. The molecule has 4 nitrogen and oxygen atoms in total. The van der Waals surface area contributed by atoms with Crippen LogP contribution in [0.5, 0.6) is 0 Å². The van der Waals surface area contributed by atoms with Crippen LogP contribution >= 0.6 is 11.6 Å². The molecule has 2 rings (SSSR count). The Morgan fingerprint density at radius 2 is 1.67 bits per heavy atom. The first-order valence-corrected chi connectivity index (χ1v) is 8.61. The van der Waals surface area contributed by atoms with Gasteiger partial charge in [-0.2, -0.15) is 0 Å². The molecule has 0 aromatic carbocycles. The van der Waals surface area contributed by atoms with E-state index in [0.717, 1.165) is 32.1 Å². The van der Waals surface area contributed by atoms with Crippen molar-refractivity contribution in [2.24, 2.45) is 5.16 Å². The van der Waals surface area contributed by atoms with Gasteiger partial charge in [-0.15, -0.1) is 0 Å². The van der Waals surface area contributed by atoms with Gasteiger partial charge in [0.15, 0.2) is 9.84 Å². The second-order valence-corrected chi connectivity index (χ2v) is 8.36. The second-order valence-electron chi connectivity index (χ2n) is 5.24. The highest BCUT2D eigenvalue weighted by Crippen LogP contribution is 2.53. The maximum Gasteiger partial charge on any atom is 0.203 e. The molecule has 0 amide bonds. The Morgan fingerprint density at radius 3 is 2.28 bits per heavy atom. The molecule has 1 saturated heterocycles. The van der Waals surface area contributed by atoms with Crippen molar-refractivity contribution < 1.29 is 13.6 Å². The van der Waals surface area contributed by atoms with Crippen molar-refractivity contribution in [2.45, 2.75) is 67.2 Å². The number of sulfone groups is 1. The highest BCUT2D eigenvalue weighted by atomic mass is 35.5. The lowest BCUT2D eigenvalue weighted by Crippen LogP contribution is -2.22. The predicted molar refractivity (Wildman–Crippen MR) is 72.1 cm³/mol. The molecular formula is C12H20ClNO3S. The minimum absolute atomic E-state index is 0.245. The van der Waals surface area contributed by atoms with Gasteiger partial charge in [-0.1, -0.05) is 55.3 Å². The van der Waals surface area contributed by atoms with E-state index in [1.54, 1.807) is 0 Å². The third kappa shape index (κ3) is 2.27. The lowest BCUT2D eigenvalue weighted by molar-refractivity contribution is 0.315. The fourth-order valence-corrected chi connectivity index (χ4v) is 5.80. The number of rotatable bonds is 0. The van der Waals surface area contributed by atoms with E-state index in [-0.39, 0.29) is 5.71 Å². The normalized spacial score (nSPS) is 39.4. The maximum atomic E-state index is 12.0. The molecule has 104 valence electrons. The van der Waals surface area contributed by atoms with E-state index in [4.69, 9.17) is 16.8 Å². The zero-order valence-corrected chi connectivity index (χ0v) is 12.0. The molecule has 0 bridgehead atoms. The van der Waals surface area contributed by atoms with E-state index in [0.29, 0.717) is 12.8 Å². The van der Waals surface area contributed by atoms with Gasteiger partial charge in [0.1, 0.15) is 5.25 Å². The Hall–Kier alpha value is -0.290. The third-order valence-electron chi connectivity index (χ3n) is 4.04. The number of nitrogens with zero attached hydrogens (tertiary/aromatic N) is 1. The van der Waals surface area contributed by atoms with Crippen LogP contribution in [0, 0.1) is 0 Å². The average Bonchev–Trinajstić information content (AvgIpc) is 2.75. The lowest BCUT2D eigenvalue weighted by atomic mass is 10.00. The second kappa shape index (κ2) is 5.37. The molecule has 1 aliphatic carbocycles. The average molecular weight is 294 g/mol. The summed E-state index contributed by atoms with van der Waals surface area (Å²) in [5.41, 5.74) is 0.245. The molecule has 0 radical (unpaired) electrons. The van der Waals surface area contributed by atoms with Gasteiger partial charge in [-0.05, 0) is 19.3 Å². The summed E-state index contributed by atoms with van der Waals surface area (Å²) in [6, 6.07) is 0. The van der Waals surface area contributed by atoms with Crippen molar-refractivity contribution in [1.82, 2.24) is 0 Å². The van der Waals surface area contributed by atoms with Crippen molar-refractivity contribution in [3.8, 4) is 0 Å². The number of oxime groups is 1. The Kier molecular flexibility index (Phi) is 4.22. The van der Waals surface area contributed by atoms with Gasteiger partial charge in [0, 0.05) is 0 Å². The minimum Gasteiger partial charge on any atom is -0.411 e. The molecule has 2 unspecified atom stereocenters. The van der Waals surface area contributed by atoms with Crippen LogP contribution in [0.1, 0.15) is 57.8 Å². The number of hydrogen-bond donors (Lipinski definition) is 1. The van der Waals surface area contributed by atoms with Gasteiger partial charge in [0.05, 0.1) is 5.71 Å². The van der Waals surface area contributed by atoms with Crippen molar-refractivity contribution in [3.63, 3.8) is 0 Å². The summed E-state index contributed by atoms with van der Waals surface area (Å²) < 4.78 is 22.6. The van der Waals surface area contributed by atoms with Crippen LogP contribution in [0.3, 0.4) is 0 Å². The van der Waals surface area contributed by atoms with Crippen LogP contribution in [0.25, 0.3) is 0 Å². The smallest absolute Gasteiger partial charge is 0.203 e. The Morgan fingerprint density at radius 1 is 1.11 bits per heavy atom. The Balaban J connectivity index is 2.15. The van der Waals surface area contributed by atoms with Crippen molar-refractivity contribution in [3.05, 3.63) is 0 Å². The zero-order valence-electron chi connectivity index (χ0n) is 10.4. The van der Waals surface area contributed by atoms with E-state index >= 15 is 0 Å². The molecule has 1 saturated carbocycles. The molecule has 1 aliphatic heterocycles. The fourth-order valence-electron chi connectivity index (χ4n) is 2.85. The standard InChI is InChI=1S/C12H20ClNO3S/c13-12-10(14-15)8-6-4-2-1-3-5-7-9-11(12)18(12,16)17/h11,15H,1-9H2/b14-10+. The highest BCUT2D eigenvalue weighted by molar-refractivity contribution is 8.03. The quantitative estimate of drug-likeness (QED) is 0.323. The summed E-state index contributed by atoms with van der Waals surface area (Å²) in [5, 5.41) is 11.7.